The summed E-state index contributed by atoms with van der Waals surface area (Å²) in [5.74, 6) is 6.76. The van der Waals surface area contributed by atoms with Crippen molar-refractivity contribution in [1.82, 2.24) is 0 Å². The average molecular weight is 248 g/mol. The molecule has 0 saturated heterocycles. The Morgan fingerprint density at radius 2 is 2.11 bits per heavy atom. The second-order valence-corrected chi connectivity index (χ2v) is 4.30. The van der Waals surface area contributed by atoms with Gasteiger partial charge in [0.1, 0.15) is 19.0 Å². The molecule has 0 aliphatic heterocycles. The van der Waals surface area contributed by atoms with Gasteiger partial charge in [-0.15, -0.1) is 0 Å². The van der Waals surface area contributed by atoms with Gasteiger partial charge in [-0.25, -0.2) is 0 Å². The van der Waals surface area contributed by atoms with Crippen LogP contribution in [0.1, 0.15) is 19.4 Å². The predicted octanol–water partition coefficient (Wildman–Crippen LogP) is 2.08. The minimum absolute atomic E-state index is 0.131. The maximum atomic E-state index is 8.62. The van der Waals surface area contributed by atoms with Crippen LogP contribution in [0.3, 0.4) is 0 Å². The first kappa shape index (κ1) is 14.6. The fourth-order valence-electron chi connectivity index (χ4n) is 1.34. The minimum Gasteiger partial charge on any atom is -0.491 e. The van der Waals surface area contributed by atoms with Crippen molar-refractivity contribution in [1.29, 1.82) is 0 Å². The molecule has 0 fully saturated rings. The van der Waals surface area contributed by atoms with Gasteiger partial charge in [0.25, 0.3) is 0 Å². The van der Waals surface area contributed by atoms with Crippen molar-refractivity contribution in [3.8, 4) is 17.6 Å². The first-order valence-electron chi connectivity index (χ1n) is 6.12. The van der Waals surface area contributed by atoms with E-state index in [1.165, 1.54) is 0 Å². The Labute approximate surface area is 109 Å². The van der Waals surface area contributed by atoms with Crippen LogP contribution < -0.4 is 4.74 Å². The molecule has 3 nitrogen and oxygen atoms in total. The van der Waals surface area contributed by atoms with Gasteiger partial charge in [0.05, 0.1) is 6.61 Å². The molecule has 18 heavy (non-hydrogen) atoms. The van der Waals surface area contributed by atoms with Crippen molar-refractivity contribution in [3.05, 3.63) is 29.8 Å². The minimum atomic E-state index is -0.131. The summed E-state index contributed by atoms with van der Waals surface area (Å²) in [4.78, 5) is 0. The van der Waals surface area contributed by atoms with E-state index in [1.807, 2.05) is 24.3 Å². The summed E-state index contributed by atoms with van der Waals surface area (Å²) >= 11 is 0. The Morgan fingerprint density at radius 3 is 2.83 bits per heavy atom. The molecule has 1 N–H and O–H groups in total. The quantitative estimate of drug-likeness (QED) is 0.619. The fourth-order valence-corrected chi connectivity index (χ4v) is 1.34. The molecule has 3 heteroatoms. The van der Waals surface area contributed by atoms with Crippen LogP contribution in [0.25, 0.3) is 0 Å². The molecular formula is C15H20O3. The molecule has 1 rings (SSSR count). The van der Waals surface area contributed by atoms with E-state index < -0.39 is 0 Å². The fraction of sp³-hybridized carbons (Fsp3) is 0.467. The molecule has 0 radical (unpaired) electrons. The van der Waals surface area contributed by atoms with E-state index in [2.05, 4.69) is 25.7 Å². The summed E-state index contributed by atoms with van der Waals surface area (Å²) in [6.45, 7) is 5.97. The van der Waals surface area contributed by atoms with Gasteiger partial charge >= 0.3 is 0 Å². The third-order valence-electron chi connectivity index (χ3n) is 2.09. The molecule has 0 atom stereocenters. The van der Waals surface area contributed by atoms with Crippen LogP contribution in [0.15, 0.2) is 24.3 Å². The number of rotatable bonds is 6. The van der Waals surface area contributed by atoms with Crippen LogP contribution in [-0.4, -0.2) is 31.5 Å². The average Bonchev–Trinajstić information content (AvgIpc) is 2.36. The predicted molar refractivity (Wildman–Crippen MR) is 71.6 cm³/mol. The Hall–Kier alpha value is -1.50. The van der Waals surface area contributed by atoms with Crippen molar-refractivity contribution in [2.24, 2.45) is 5.92 Å². The van der Waals surface area contributed by atoms with E-state index in [4.69, 9.17) is 14.6 Å². The van der Waals surface area contributed by atoms with E-state index in [-0.39, 0.29) is 6.61 Å². The number of benzene rings is 1. The van der Waals surface area contributed by atoms with Gasteiger partial charge in [-0.1, -0.05) is 31.8 Å². The molecule has 0 unspecified atom stereocenters. The van der Waals surface area contributed by atoms with Gasteiger partial charge in [-0.2, -0.15) is 0 Å². The maximum Gasteiger partial charge on any atom is 0.120 e. The summed E-state index contributed by atoms with van der Waals surface area (Å²) in [7, 11) is 0. The van der Waals surface area contributed by atoms with Crippen LogP contribution in [0.5, 0.6) is 5.75 Å². The molecule has 0 aromatic heterocycles. The lowest BCUT2D eigenvalue weighted by Crippen LogP contribution is -2.10. The zero-order chi connectivity index (χ0) is 13.2. The van der Waals surface area contributed by atoms with Crippen LogP contribution >= 0.6 is 0 Å². The van der Waals surface area contributed by atoms with E-state index in [0.29, 0.717) is 19.1 Å². The molecule has 98 valence electrons. The first-order chi connectivity index (χ1) is 8.72. The summed E-state index contributed by atoms with van der Waals surface area (Å²) < 4.78 is 11.0. The molecule has 0 saturated carbocycles. The molecule has 0 spiro atoms. The third-order valence-corrected chi connectivity index (χ3v) is 2.09. The van der Waals surface area contributed by atoms with Gasteiger partial charge in [0, 0.05) is 12.2 Å². The van der Waals surface area contributed by atoms with Crippen LogP contribution in [-0.2, 0) is 4.74 Å². The van der Waals surface area contributed by atoms with Gasteiger partial charge in [0.2, 0.25) is 0 Å². The number of aliphatic hydroxyl groups excluding tert-OH is 1. The number of aliphatic hydroxyl groups is 1. The molecule has 0 heterocycles. The van der Waals surface area contributed by atoms with Gasteiger partial charge in [-0.3, -0.25) is 0 Å². The standard InChI is InChI=1S/C15H20O3/c1-13(2)12-17-9-10-18-15-7-3-5-14(11-15)6-4-8-16/h3,5,7,11,13,16H,8-10,12H2,1-2H3. The molecule has 0 aliphatic rings. The Kier molecular flexibility index (Phi) is 6.93. The molecule has 1 aromatic rings. The highest BCUT2D eigenvalue weighted by Crippen LogP contribution is 2.12. The highest BCUT2D eigenvalue weighted by Gasteiger charge is 1.96. The van der Waals surface area contributed by atoms with E-state index in [9.17, 15) is 0 Å². The smallest absolute Gasteiger partial charge is 0.120 e. The van der Waals surface area contributed by atoms with Crippen LogP contribution in [0.4, 0.5) is 0 Å². The Bertz CT molecular complexity index is 402. The highest BCUT2D eigenvalue weighted by atomic mass is 16.5. The van der Waals surface area contributed by atoms with Crippen molar-refractivity contribution < 1.29 is 14.6 Å². The van der Waals surface area contributed by atoms with Gasteiger partial charge < -0.3 is 14.6 Å². The topological polar surface area (TPSA) is 38.7 Å². The maximum absolute atomic E-state index is 8.62. The number of hydrogen-bond acceptors (Lipinski definition) is 3. The Balaban J connectivity index is 2.34. The zero-order valence-electron chi connectivity index (χ0n) is 11.0. The van der Waals surface area contributed by atoms with Crippen LogP contribution in [0, 0.1) is 17.8 Å². The van der Waals surface area contributed by atoms with Gasteiger partial charge in [-0.05, 0) is 24.1 Å². The Morgan fingerprint density at radius 1 is 1.28 bits per heavy atom. The second kappa shape index (κ2) is 8.57. The monoisotopic (exact) mass is 248 g/mol. The second-order valence-electron chi connectivity index (χ2n) is 4.30. The lowest BCUT2D eigenvalue weighted by Gasteiger charge is -2.08. The van der Waals surface area contributed by atoms with E-state index in [0.717, 1.165) is 17.9 Å². The van der Waals surface area contributed by atoms with Crippen LogP contribution in [0.2, 0.25) is 0 Å². The zero-order valence-corrected chi connectivity index (χ0v) is 11.0. The van der Waals surface area contributed by atoms with Crippen molar-refractivity contribution in [2.75, 3.05) is 26.4 Å². The summed E-state index contributed by atoms with van der Waals surface area (Å²) in [6, 6.07) is 7.49. The molecule has 0 bridgehead atoms. The van der Waals surface area contributed by atoms with Gasteiger partial charge in [0.15, 0.2) is 0 Å². The lowest BCUT2D eigenvalue weighted by atomic mass is 10.2. The molecule has 1 aromatic carbocycles. The summed E-state index contributed by atoms with van der Waals surface area (Å²) in [5, 5.41) is 8.62. The lowest BCUT2D eigenvalue weighted by molar-refractivity contribution is 0.0819. The molecule has 0 aliphatic carbocycles. The van der Waals surface area contributed by atoms with E-state index >= 15 is 0 Å². The molecule has 0 amide bonds. The van der Waals surface area contributed by atoms with Crippen molar-refractivity contribution in [2.45, 2.75) is 13.8 Å². The summed E-state index contributed by atoms with van der Waals surface area (Å²) in [5.41, 5.74) is 0.838. The number of hydrogen-bond donors (Lipinski definition) is 1. The normalized spacial score (nSPS) is 10.0. The van der Waals surface area contributed by atoms with Crippen molar-refractivity contribution >= 4 is 0 Å². The first-order valence-corrected chi connectivity index (χ1v) is 6.12. The largest absolute Gasteiger partial charge is 0.491 e. The SMILES string of the molecule is CC(C)COCCOc1cccc(C#CCO)c1. The highest BCUT2D eigenvalue weighted by molar-refractivity contribution is 5.39. The molecular weight excluding hydrogens is 228 g/mol. The third kappa shape index (κ3) is 6.29. The number of ether oxygens (including phenoxy) is 2. The summed E-state index contributed by atoms with van der Waals surface area (Å²) in [6.07, 6.45) is 0. The van der Waals surface area contributed by atoms with Crippen molar-refractivity contribution in [3.63, 3.8) is 0 Å². The van der Waals surface area contributed by atoms with E-state index in [1.54, 1.807) is 0 Å².